The molecule has 0 saturated heterocycles. The van der Waals surface area contributed by atoms with Gasteiger partial charge in [0, 0.05) is 0 Å². The third-order valence-corrected chi connectivity index (χ3v) is 0.585. The number of hydrogen-bond donors (Lipinski definition) is 0. The lowest BCUT2D eigenvalue weighted by atomic mass is 10.9. The first-order valence-electron chi connectivity index (χ1n) is 2.29. The molecular formula is C2HN5O4. The van der Waals surface area contributed by atoms with Crippen LogP contribution in [0.5, 0.6) is 5.88 Å². The second-order valence-electron chi connectivity index (χ2n) is 1.25. The molecule has 1 heterocycles. The summed E-state index contributed by atoms with van der Waals surface area (Å²) in [5, 5.41) is 19.9. The highest BCUT2D eigenvalue weighted by Crippen LogP contribution is 2.01. The van der Waals surface area contributed by atoms with Crippen molar-refractivity contribution in [3.63, 3.8) is 0 Å². The van der Waals surface area contributed by atoms with Gasteiger partial charge < -0.3 is 10.1 Å². The Kier molecular flexibility index (Phi) is 2.05. The Balaban J connectivity index is 2.40. The topological polar surface area (TPSA) is 116 Å². The molecule has 9 heteroatoms. The fourth-order valence-electron chi connectivity index (χ4n) is 0.286. The summed E-state index contributed by atoms with van der Waals surface area (Å²) >= 11 is 0. The minimum Gasteiger partial charge on any atom is -0.337 e. The molecule has 0 bridgehead atoms. The highest BCUT2D eigenvalue weighted by Gasteiger charge is 2.01. The van der Waals surface area contributed by atoms with Gasteiger partial charge in [0.25, 0.3) is 5.28 Å². The van der Waals surface area contributed by atoms with Crippen LogP contribution in [-0.4, -0.2) is 15.3 Å². The van der Waals surface area contributed by atoms with E-state index in [1.165, 1.54) is 0 Å². The molecule has 0 aliphatic heterocycles. The quantitative estimate of drug-likeness (QED) is 0.348. The molecule has 1 aromatic heterocycles. The highest BCUT2D eigenvalue weighted by atomic mass is 16.7. The van der Waals surface area contributed by atoms with Crippen LogP contribution in [0, 0.1) is 10.1 Å². The zero-order valence-electron chi connectivity index (χ0n) is 4.95. The maximum atomic E-state index is 9.53. The average molecular weight is 159 g/mol. The van der Waals surface area contributed by atoms with Crippen LogP contribution in [0.3, 0.4) is 0 Å². The van der Waals surface area contributed by atoms with E-state index in [0.29, 0.717) is 0 Å². The van der Waals surface area contributed by atoms with Gasteiger partial charge in [0.1, 0.15) is 6.20 Å². The van der Waals surface area contributed by atoms with Gasteiger partial charge in [-0.1, -0.05) is 5.16 Å². The lowest BCUT2D eigenvalue weighted by Crippen LogP contribution is -1.86. The van der Waals surface area contributed by atoms with Crippen LogP contribution in [0.25, 0.3) is 0 Å². The summed E-state index contributed by atoms with van der Waals surface area (Å²) in [5.41, 5.74) is 0. The lowest BCUT2D eigenvalue weighted by Gasteiger charge is -1.76. The minimum absolute atomic E-state index is 0.101. The molecule has 11 heavy (non-hydrogen) atoms. The Morgan fingerprint density at radius 1 is 1.82 bits per heavy atom. The Morgan fingerprint density at radius 2 is 2.64 bits per heavy atom. The van der Waals surface area contributed by atoms with Crippen LogP contribution in [-0.2, 0) is 0 Å². The number of aromatic nitrogens is 2. The maximum Gasteiger partial charge on any atom is 0.338 e. The van der Waals surface area contributed by atoms with Crippen molar-refractivity contribution < 1.29 is 14.5 Å². The van der Waals surface area contributed by atoms with Gasteiger partial charge in [0.05, 0.1) is 5.03 Å². The first kappa shape index (κ1) is 7.05. The Labute approximate surface area is 58.7 Å². The van der Waals surface area contributed by atoms with Gasteiger partial charge >= 0.3 is 5.88 Å². The molecule has 0 saturated carbocycles. The smallest absolute Gasteiger partial charge is 0.337 e. The molecule has 0 aliphatic rings. The van der Waals surface area contributed by atoms with E-state index >= 15 is 0 Å². The van der Waals surface area contributed by atoms with Crippen molar-refractivity contribution in [1.82, 2.24) is 10.3 Å². The van der Waals surface area contributed by atoms with Crippen molar-refractivity contribution in [3.05, 3.63) is 16.3 Å². The molecule has 0 atom stereocenters. The van der Waals surface area contributed by atoms with Crippen molar-refractivity contribution in [2.24, 2.45) is 10.5 Å². The molecule has 0 fully saturated rings. The summed E-state index contributed by atoms with van der Waals surface area (Å²) in [7, 11) is 0. The van der Waals surface area contributed by atoms with Gasteiger partial charge in [-0.15, -0.1) is 0 Å². The fraction of sp³-hybridized carbons (Fsp3) is 0. The zero-order chi connectivity index (χ0) is 8.10. The summed E-state index contributed by atoms with van der Waals surface area (Å²) in [5.74, 6) is -0.101. The van der Waals surface area contributed by atoms with Crippen molar-refractivity contribution in [2.75, 3.05) is 0 Å². The lowest BCUT2D eigenvalue weighted by molar-refractivity contribution is -0.498. The van der Waals surface area contributed by atoms with Gasteiger partial charge in [-0.05, 0) is 5.16 Å². The first-order chi connectivity index (χ1) is 5.29. The van der Waals surface area contributed by atoms with E-state index in [4.69, 9.17) is 0 Å². The van der Waals surface area contributed by atoms with Crippen LogP contribution in [0.15, 0.2) is 21.3 Å². The fourth-order valence-corrected chi connectivity index (χ4v) is 0.286. The molecule has 1 rings (SSSR count). The molecule has 1 aromatic rings. The number of nitro groups is 1. The van der Waals surface area contributed by atoms with Gasteiger partial charge in [0.15, 0.2) is 0 Å². The maximum absolute atomic E-state index is 9.53. The van der Waals surface area contributed by atoms with Crippen LogP contribution >= 0.6 is 0 Å². The summed E-state index contributed by atoms with van der Waals surface area (Å²) in [6.45, 7) is 0. The van der Waals surface area contributed by atoms with Gasteiger partial charge in [-0.25, -0.2) is 9.47 Å². The summed E-state index contributed by atoms with van der Waals surface area (Å²) in [4.78, 5) is 13.7. The van der Waals surface area contributed by atoms with Crippen LogP contribution < -0.4 is 4.84 Å². The summed E-state index contributed by atoms with van der Waals surface area (Å²) in [6.07, 6.45) is 1.08. The monoisotopic (exact) mass is 159 g/mol. The number of hydrogen-bond acceptors (Lipinski definition) is 7. The minimum atomic E-state index is -1.02. The predicted octanol–water partition coefficient (Wildman–Crippen LogP) is 0.00730. The van der Waals surface area contributed by atoms with E-state index in [1.54, 1.807) is 0 Å². The Morgan fingerprint density at radius 3 is 3.18 bits per heavy atom. The van der Waals surface area contributed by atoms with E-state index in [-0.39, 0.29) is 5.88 Å². The second kappa shape index (κ2) is 3.20. The highest BCUT2D eigenvalue weighted by molar-refractivity contribution is 4.94. The van der Waals surface area contributed by atoms with Gasteiger partial charge in [0.2, 0.25) is 5.22 Å². The van der Waals surface area contributed by atoms with Crippen LogP contribution in [0.1, 0.15) is 0 Å². The SMILES string of the molecule is O=[N+]([O-])N=NOc1cnon1. The predicted molar refractivity (Wildman–Crippen MR) is 26.8 cm³/mol. The van der Waals surface area contributed by atoms with E-state index in [9.17, 15) is 10.1 Å². The first-order valence-corrected chi connectivity index (χ1v) is 2.29. The van der Waals surface area contributed by atoms with E-state index in [0.717, 1.165) is 6.20 Å². The third-order valence-electron chi connectivity index (χ3n) is 0.585. The van der Waals surface area contributed by atoms with Crippen LogP contribution in [0.2, 0.25) is 0 Å². The van der Waals surface area contributed by atoms with E-state index in [2.05, 4.69) is 30.3 Å². The molecule has 0 spiro atoms. The van der Waals surface area contributed by atoms with Crippen molar-refractivity contribution in [2.45, 2.75) is 0 Å². The second-order valence-corrected chi connectivity index (χ2v) is 1.25. The zero-order valence-corrected chi connectivity index (χ0v) is 4.95. The van der Waals surface area contributed by atoms with Crippen molar-refractivity contribution >= 4 is 0 Å². The standard InChI is InChI=1S/C2HN5O4/c8-7(9)5-6-10-2-1-3-11-4-2/h1H. The summed E-state index contributed by atoms with van der Waals surface area (Å²) < 4.78 is 4.08. The van der Waals surface area contributed by atoms with Crippen LogP contribution in [0.4, 0.5) is 0 Å². The Bertz CT molecular complexity index is 253. The van der Waals surface area contributed by atoms with Gasteiger partial charge in [-0.2, -0.15) is 0 Å². The Hall–Kier alpha value is -2.06. The number of nitrogens with zero attached hydrogens (tertiary/aromatic N) is 5. The number of rotatable bonds is 3. The molecule has 0 aliphatic carbocycles. The molecular weight excluding hydrogens is 158 g/mol. The average Bonchev–Trinajstić information content (AvgIpc) is 2.39. The molecule has 9 nitrogen and oxygen atoms in total. The molecule has 58 valence electrons. The van der Waals surface area contributed by atoms with Crippen molar-refractivity contribution in [3.8, 4) is 5.88 Å². The molecule has 0 aromatic carbocycles. The summed E-state index contributed by atoms with van der Waals surface area (Å²) in [6, 6.07) is 0. The van der Waals surface area contributed by atoms with Gasteiger partial charge in [-0.3, -0.25) is 0 Å². The molecule has 0 unspecified atom stereocenters. The third kappa shape index (κ3) is 2.34. The normalized spacial score (nSPS) is 10.2. The molecule has 0 N–H and O–H groups in total. The molecule has 0 amide bonds. The van der Waals surface area contributed by atoms with Crippen molar-refractivity contribution in [1.29, 1.82) is 0 Å². The van der Waals surface area contributed by atoms with E-state index in [1.807, 2.05) is 0 Å². The largest absolute Gasteiger partial charge is 0.338 e. The van der Waals surface area contributed by atoms with E-state index < -0.39 is 5.03 Å². The molecule has 0 radical (unpaired) electrons.